The lowest BCUT2D eigenvalue weighted by molar-refractivity contribution is 0.379. The van der Waals surface area contributed by atoms with Gasteiger partial charge in [-0.15, -0.1) is 0 Å². The molecule has 20 heteroatoms. The number of aromatic nitrogens is 6. The summed E-state index contributed by atoms with van der Waals surface area (Å²) in [5, 5.41) is 5.46. The maximum atomic E-state index is 12.2. The Morgan fingerprint density at radius 2 is 1.05 bits per heavy atom. The van der Waals surface area contributed by atoms with E-state index in [1.54, 1.807) is 0 Å². The Kier molecular flexibility index (Phi) is 8.33. The SMILES string of the molecule is COc1nc(N)nc(Nc2ccc(/C=C/c3ccc(Nc4nc(N)nc(OC)n4)cc3S(=O)(=O)O)c(S(=O)(=O)O)c2)n1. The van der Waals surface area contributed by atoms with Crippen molar-refractivity contribution in [3.63, 3.8) is 0 Å². The Balaban J connectivity index is 1.68. The van der Waals surface area contributed by atoms with Gasteiger partial charge in [-0.3, -0.25) is 9.11 Å². The minimum absolute atomic E-state index is 0.0213. The van der Waals surface area contributed by atoms with Crippen molar-refractivity contribution in [3.05, 3.63) is 47.5 Å². The Morgan fingerprint density at radius 1 is 0.667 bits per heavy atom. The molecule has 18 nitrogen and oxygen atoms in total. The summed E-state index contributed by atoms with van der Waals surface area (Å²) < 4.78 is 78.2. The maximum absolute atomic E-state index is 12.2. The highest BCUT2D eigenvalue weighted by atomic mass is 32.2. The highest BCUT2D eigenvalue weighted by Crippen LogP contribution is 2.28. The zero-order valence-electron chi connectivity index (χ0n) is 21.6. The van der Waals surface area contributed by atoms with Gasteiger partial charge in [-0.25, -0.2) is 0 Å². The molecule has 0 aliphatic heterocycles. The van der Waals surface area contributed by atoms with Crippen LogP contribution >= 0.6 is 0 Å². The molecular formula is C22H22N10O8S2. The fraction of sp³-hybridized carbons (Fsp3) is 0.0909. The van der Waals surface area contributed by atoms with Crippen molar-refractivity contribution in [1.29, 1.82) is 0 Å². The van der Waals surface area contributed by atoms with E-state index in [9.17, 15) is 25.9 Å². The van der Waals surface area contributed by atoms with Gasteiger partial charge < -0.3 is 31.6 Å². The number of anilines is 6. The second kappa shape index (κ2) is 11.7. The molecule has 4 rings (SSSR count). The summed E-state index contributed by atoms with van der Waals surface area (Å²) in [7, 11) is -6.91. The molecule has 0 bridgehead atoms. The topological polar surface area (TPSA) is 281 Å². The second-order valence-corrected chi connectivity index (χ2v) is 10.8. The van der Waals surface area contributed by atoms with Crippen LogP contribution in [0.5, 0.6) is 12.0 Å². The lowest BCUT2D eigenvalue weighted by Crippen LogP contribution is -2.07. The van der Waals surface area contributed by atoms with E-state index in [1.165, 1.54) is 50.6 Å². The zero-order valence-corrected chi connectivity index (χ0v) is 23.3. The maximum Gasteiger partial charge on any atom is 0.322 e. The number of nitrogens with two attached hydrogens (primary N) is 2. The van der Waals surface area contributed by atoms with Crippen molar-refractivity contribution in [3.8, 4) is 12.0 Å². The van der Waals surface area contributed by atoms with Gasteiger partial charge in [-0.2, -0.15) is 46.7 Å². The molecule has 4 aromatic rings. The Morgan fingerprint density at radius 3 is 1.38 bits per heavy atom. The number of nitrogens with zero attached hydrogens (tertiary/aromatic N) is 6. The molecule has 42 heavy (non-hydrogen) atoms. The largest absolute Gasteiger partial charge is 0.467 e. The highest BCUT2D eigenvalue weighted by Gasteiger charge is 2.18. The van der Waals surface area contributed by atoms with E-state index in [-0.39, 0.29) is 58.3 Å². The quantitative estimate of drug-likeness (QED) is 0.108. The normalized spacial score (nSPS) is 11.8. The molecular weight excluding hydrogens is 596 g/mol. The van der Waals surface area contributed by atoms with Gasteiger partial charge in [0, 0.05) is 11.4 Å². The van der Waals surface area contributed by atoms with Crippen LogP contribution < -0.4 is 31.6 Å². The first kappa shape index (κ1) is 29.8. The molecule has 0 unspecified atom stereocenters. The molecule has 2 heterocycles. The standard InChI is InChI=1S/C22H22N10O8S2/c1-39-21-29-17(23)27-19(31-21)25-13-7-5-11(15(9-13)41(33,34)35)3-4-12-6-8-14(10-16(12)42(36,37)38)26-20-28-18(24)30-22(32-20)40-2/h3-10H,1-2H3,(H,33,34,35)(H,36,37,38)(H3,23,25,27,29,31)(H3,24,26,28,30,32)/b4-3+. The predicted molar refractivity (Wildman–Crippen MR) is 150 cm³/mol. The number of hydrogen-bond donors (Lipinski definition) is 6. The first-order chi connectivity index (χ1) is 19.7. The Bertz CT molecular complexity index is 1770. The van der Waals surface area contributed by atoms with Gasteiger partial charge in [0.1, 0.15) is 9.79 Å². The van der Waals surface area contributed by atoms with Crippen LogP contribution in [-0.4, -0.2) is 70.1 Å². The second-order valence-electron chi connectivity index (χ2n) is 8.05. The molecule has 0 aliphatic rings. The summed E-state index contributed by atoms with van der Waals surface area (Å²) in [6.45, 7) is 0. The number of benzene rings is 2. The van der Waals surface area contributed by atoms with Gasteiger partial charge in [0.25, 0.3) is 20.2 Å². The first-order valence-corrected chi connectivity index (χ1v) is 14.2. The van der Waals surface area contributed by atoms with Crippen molar-refractivity contribution >= 4 is 67.6 Å². The van der Waals surface area contributed by atoms with Crippen molar-refractivity contribution < 1.29 is 35.4 Å². The molecule has 0 aliphatic carbocycles. The minimum Gasteiger partial charge on any atom is -0.467 e. The van der Waals surface area contributed by atoms with Crippen molar-refractivity contribution in [2.45, 2.75) is 9.79 Å². The average molecular weight is 619 g/mol. The van der Waals surface area contributed by atoms with Gasteiger partial charge >= 0.3 is 12.0 Å². The third-order valence-corrected chi connectivity index (χ3v) is 6.99. The molecule has 220 valence electrons. The number of hydrogen-bond acceptors (Lipinski definition) is 16. The molecule has 0 fully saturated rings. The summed E-state index contributed by atoms with van der Waals surface area (Å²) in [6.07, 6.45) is 2.46. The summed E-state index contributed by atoms with van der Waals surface area (Å²) >= 11 is 0. The van der Waals surface area contributed by atoms with E-state index in [4.69, 9.17) is 20.9 Å². The van der Waals surface area contributed by atoms with Crippen molar-refractivity contribution in [1.82, 2.24) is 29.9 Å². The van der Waals surface area contributed by atoms with E-state index in [1.807, 2.05) is 0 Å². The lowest BCUT2D eigenvalue weighted by atomic mass is 10.1. The summed E-state index contributed by atoms with van der Waals surface area (Å²) in [5.41, 5.74) is 11.5. The zero-order chi connectivity index (χ0) is 30.7. The molecule has 0 amide bonds. The smallest absolute Gasteiger partial charge is 0.322 e. The molecule has 2 aromatic carbocycles. The Hall–Kier alpha value is -5.18. The number of nitrogen functional groups attached to an aromatic ring is 2. The third kappa shape index (κ3) is 7.31. The fourth-order valence-corrected chi connectivity index (χ4v) is 4.84. The summed E-state index contributed by atoms with van der Waals surface area (Å²) in [6, 6.07) is 7.52. The summed E-state index contributed by atoms with van der Waals surface area (Å²) in [5.74, 6) is -0.443. The summed E-state index contributed by atoms with van der Waals surface area (Å²) in [4.78, 5) is 22.1. The molecule has 2 aromatic heterocycles. The highest BCUT2D eigenvalue weighted by molar-refractivity contribution is 7.86. The van der Waals surface area contributed by atoms with Gasteiger partial charge in [0.15, 0.2) is 0 Å². The van der Waals surface area contributed by atoms with Crippen LogP contribution in [-0.2, 0) is 20.2 Å². The third-order valence-electron chi connectivity index (χ3n) is 5.17. The fourth-order valence-electron chi connectivity index (χ4n) is 3.42. The van der Waals surface area contributed by atoms with Gasteiger partial charge in [0.2, 0.25) is 23.8 Å². The van der Waals surface area contributed by atoms with Crippen molar-refractivity contribution in [2.75, 3.05) is 36.3 Å². The van der Waals surface area contributed by atoms with Gasteiger partial charge in [0.05, 0.1) is 14.2 Å². The molecule has 0 saturated carbocycles. The van der Waals surface area contributed by atoms with Crippen molar-refractivity contribution in [2.24, 2.45) is 0 Å². The molecule has 0 spiro atoms. The average Bonchev–Trinajstić information content (AvgIpc) is 2.91. The minimum atomic E-state index is -4.77. The van der Waals surface area contributed by atoms with Crippen LogP contribution in [0, 0.1) is 0 Å². The molecule has 8 N–H and O–H groups in total. The van der Waals surface area contributed by atoms with Crippen LogP contribution in [0.15, 0.2) is 46.2 Å². The number of ether oxygens (including phenoxy) is 2. The predicted octanol–water partition coefficient (Wildman–Crippen LogP) is 1.39. The number of nitrogens with one attached hydrogen (secondary N) is 2. The molecule has 0 atom stereocenters. The van der Waals surface area contributed by atoms with Crippen LogP contribution in [0.4, 0.5) is 35.2 Å². The van der Waals surface area contributed by atoms with E-state index >= 15 is 0 Å². The number of rotatable bonds is 10. The van der Waals surface area contributed by atoms with E-state index in [2.05, 4.69) is 40.5 Å². The molecule has 0 saturated heterocycles. The first-order valence-electron chi connectivity index (χ1n) is 11.3. The Labute approximate surface area is 238 Å². The monoisotopic (exact) mass is 618 g/mol. The van der Waals surface area contributed by atoms with Crippen LogP contribution in [0.25, 0.3) is 12.2 Å². The van der Waals surface area contributed by atoms with Crippen LogP contribution in [0.3, 0.4) is 0 Å². The van der Waals surface area contributed by atoms with E-state index < -0.39 is 30.0 Å². The van der Waals surface area contributed by atoms with Crippen LogP contribution in [0.2, 0.25) is 0 Å². The van der Waals surface area contributed by atoms with E-state index in [0.717, 1.165) is 12.1 Å². The lowest BCUT2D eigenvalue weighted by Gasteiger charge is -2.11. The van der Waals surface area contributed by atoms with E-state index in [0.29, 0.717) is 0 Å². The van der Waals surface area contributed by atoms with Gasteiger partial charge in [-0.05, 0) is 35.4 Å². The molecule has 0 radical (unpaired) electrons. The van der Waals surface area contributed by atoms with Crippen LogP contribution in [0.1, 0.15) is 11.1 Å². The number of methoxy groups -OCH3 is 2. The van der Waals surface area contributed by atoms with Gasteiger partial charge in [-0.1, -0.05) is 24.3 Å².